The molecule has 0 saturated carbocycles. The fraction of sp³-hybridized carbons (Fsp3) is 0.167. The molecule has 0 fully saturated rings. The fourth-order valence-electron chi connectivity index (χ4n) is 3.09. The van der Waals surface area contributed by atoms with Crippen LogP contribution in [0.15, 0.2) is 84.9 Å². The first-order chi connectivity index (χ1) is 14.2. The Morgan fingerprint density at radius 2 is 1.38 bits per heavy atom. The Morgan fingerprint density at radius 3 is 1.90 bits per heavy atom. The van der Waals surface area contributed by atoms with Crippen molar-refractivity contribution < 1.29 is 14.3 Å². The molecule has 2 N–H and O–H groups in total. The largest absolute Gasteiger partial charge is 0.497 e. The Balaban J connectivity index is 1.58. The van der Waals surface area contributed by atoms with Gasteiger partial charge < -0.3 is 15.4 Å². The van der Waals surface area contributed by atoms with E-state index in [2.05, 4.69) is 10.6 Å². The van der Waals surface area contributed by atoms with Crippen molar-refractivity contribution in [2.24, 2.45) is 0 Å². The van der Waals surface area contributed by atoms with Crippen LogP contribution in [-0.2, 0) is 9.59 Å². The number of rotatable bonds is 8. The number of hydrogen-bond acceptors (Lipinski definition) is 3. The van der Waals surface area contributed by atoms with Gasteiger partial charge in [-0.05, 0) is 35.4 Å². The highest BCUT2D eigenvalue weighted by atomic mass is 16.5. The molecule has 0 atom stereocenters. The van der Waals surface area contributed by atoms with Gasteiger partial charge in [0.1, 0.15) is 5.75 Å². The molecule has 2 amide bonds. The van der Waals surface area contributed by atoms with Gasteiger partial charge in [0.25, 0.3) is 0 Å². The SMILES string of the molecule is COc1ccc(NC(=O)CCNC(=O)C(c2ccccc2)c2ccccc2)cc1. The molecule has 0 aliphatic rings. The van der Waals surface area contributed by atoms with Gasteiger partial charge in [-0.15, -0.1) is 0 Å². The lowest BCUT2D eigenvalue weighted by Gasteiger charge is -2.18. The minimum absolute atomic E-state index is 0.125. The van der Waals surface area contributed by atoms with Gasteiger partial charge in [-0.2, -0.15) is 0 Å². The third kappa shape index (κ3) is 5.69. The maximum atomic E-state index is 12.9. The van der Waals surface area contributed by atoms with E-state index in [1.807, 2.05) is 60.7 Å². The van der Waals surface area contributed by atoms with E-state index in [1.165, 1.54) is 0 Å². The summed E-state index contributed by atoms with van der Waals surface area (Å²) in [4.78, 5) is 25.1. The summed E-state index contributed by atoms with van der Waals surface area (Å²) in [5.41, 5.74) is 2.52. The fourth-order valence-corrected chi connectivity index (χ4v) is 3.09. The predicted molar refractivity (Wildman–Crippen MR) is 114 cm³/mol. The number of amides is 2. The second-order valence-corrected chi connectivity index (χ2v) is 6.57. The van der Waals surface area contributed by atoms with E-state index in [-0.39, 0.29) is 24.8 Å². The van der Waals surface area contributed by atoms with E-state index in [0.29, 0.717) is 5.69 Å². The molecule has 0 bridgehead atoms. The van der Waals surface area contributed by atoms with Crippen LogP contribution in [0, 0.1) is 0 Å². The highest BCUT2D eigenvalue weighted by Gasteiger charge is 2.22. The molecule has 0 radical (unpaired) electrons. The Hall–Kier alpha value is -3.60. The molecule has 3 rings (SSSR count). The third-order valence-corrected chi connectivity index (χ3v) is 4.55. The van der Waals surface area contributed by atoms with Gasteiger partial charge >= 0.3 is 0 Å². The van der Waals surface area contributed by atoms with Crippen molar-refractivity contribution >= 4 is 17.5 Å². The summed E-state index contributed by atoms with van der Waals surface area (Å²) in [5, 5.41) is 5.71. The van der Waals surface area contributed by atoms with E-state index in [4.69, 9.17) is 4.74 Å². The van der Waals surface area contributed by atoms with Gasteiger partial charge in [0.15, 0.2) is 0 Å². The third-order valence-electron chi connectivity index (χ3n) is 4.55. The monoisotopic (exact) mass is 388 g/mol. The Kier molecular flexibility index (Phi) is 7.00. The van der Waals surface area contributed by atoms with Gasteiger partial charge in [0.05, 0.1) is 13.0 Å². The molecule has 5 nitrogen and oxygen atoms in total. The quantitative estimate of drug-likeness (QED) is 0.614. The van der Waals surface area contributed by atoms with Crippen molar-refractivity contribution in [2.45, 2.75) is 12.3 Å². The van der Waals surface area contributed by atoms with Crippen molar-refractivity contribution in [1.29, 1.82) is 0 Å². The highest BCUT2D eigenvalue weighted by Crippen LogP contribution is 2.24. The highest BCUT2D eigenvalue weighted by molar-refractivity contribution is 5.92. The number of carbonyl (C=O) groups excluding carboxylic acids is 2. The summed E-state index contributed by atoms with van der Waals surface area (Å²) in [6, 6.07) is 26.4. The van der Waals surface area contributed by atoms with Gasteiger partial charge in [-0.25, -0.2) is 0 Å². The number of hydrogen-bond donors (Lipinski definition) is 2. The van der Waals surface area contributed by atoms with Crippen LogP contribution in [0.2, 0.25) is 0 Å². The minimum Gasteiger partial charge on any atom is -0.497 e. The van der Waals surface area contributed by atoms with Gasteiger partial charge in [0, 0.05) is 18.7 Å². The summed E-state index contributed by atoms with van der Waals surface area (Å²) in [6.07, 6.45) is 0.189. The van der Waals surface area contributed by atoms with Crippen molar-refractivity contribution in [3.05, 3.63) is 96.1 Å². The van der Waals surface area contributed by atoms with Crippen molar-refractivity contribution in [3.63, 3.8) is 0 Å². The number of carbonyl (C=O) groups is 2. The van der Waals surface area contributed by atoms with Crippen molar-refractivity contribution in [1.82, 2.24) is 5.32 Å². The molecule has 0 aliphatic heterocycles. The first-order valence-corrected chi connectivity index (χ1v) is 9.49. The molecule has 0 unspecified atom stereocenters. The Bertz CT molecular complexity index is 886. The van der Waals surface area contributed by atoms with Crippen LogP contribution in [-0.4, -0.2) is 25.5 Å². The molecular weight excluding hydrogens is 364 g/mol. The first-order valence-electron chi connectivity index (χ1n) is 9.49. The van der Waals surface area contributed by atoms with Gasteiger partial charge in [-0.1, -0.05) is 60.7 Å². The zero-order valence-corrected chi connectivity index (χ0v) is 16.3. The zero-order valence-electron chi connectivity index (χ0n) is 16.3. The normalized spacial score (nSPS) is 10.4. The average Bonchev–Trinajstić information content (AvgIpc) is 2.76. The van der Waals surface area contributed by atoms with Crippen LogP contribution in [0.4, 0.5) is 5.69 Å². The molecule has 0 saturated heterocycles. The zero-order chi connectivity index (χ0) is 20.5. The lowest BCUT2D eigenvalue weighted by Crippen LogP contribution is -2.32. The Labute approximate surface area is 170 Å². The van der Waals surface area contributed by atoms with Crippen LogP contribution in [0.1, 0.15) is 23.5 Å². The second-order valence-electron chi connectivity index (χ2n) is 6.57. The molecule has 148 valence electrons. The van der Waals surface area contributed by atoms with Crippen LogP contribution in [0.25, 0.3) is 0 Å². The van der Waals surface area contributed by atoms with Gasteiger partial charge in [-0.3, -0.25) is 9.59 Å². The maximum Gasteiger partial charge on any atom is 0.232 e. The van der Waals surface area contributed by atoms with E-state index in [0.717, 1.165) is 16.9 Å². The molecule has 0 aliphatic carbocycles. The number of ether oxygens (including phenoxy) is 1. The average molecular weight is 388 g/mol. The molecule has 3 aromatic carbocycles. The lowest BCUT2D eigenvalue weighted by molar-refractivity contribution is -0.121. The topological polar surface area (TPSA) is 67.4 Å². The first kappa shape index (κ1) is 20.1. The van der Waals surface area contributed by atoms with Crippen molar-refractivity contribution in [3.8, 4) is 5.75 Å². The van der Waals surface area contributed by atoms with Crippen molar-refractivity contribution in [2.75, 3.05) is 19.0 Å². The lowest BCUT2D eigenvalue weighted by atomic mass is 9.90. The number of methoxy groups -OCH3 is 1. The standard InChI is InChI=1S/C24H24N2O3/c1-29-21-14-12-20(13-15-21)26-22(27)16-17-25-24(28)23(18-8-4-2-5-9-18)19-10-6-3-7-11-19/h2-15,23H,16-17H2,1H3,(H,25,28)(H,26,27). The number of benzene rings is 3. The summed E-state index contributed by atoms with van der Waals surface area (Å²) >= 11 is 0. The second kappa shape index (κ2) is 10.1. The van der Waals surface area contributed by atoms with E-state index < -0.39 is 5.92 Å². The van der Waals surface area contributed by atoms with E-state index in [1.54, 1.807) is 31.4 Å². The van der Waals surface area contributed by atoms with Crippen LogP contribution < -0.4 is 15.4 Å². The summed E-state index contributed by atoms with van der Waals surface area (Å²) in [5.74, 6) is 0.0243. The van der Waals surface area contributed by atoms with Crippen LogP contribution in [0.5, 0.6) is 5.75 Å². The molecule has 3 aromatic rings. The maximum absolute atomic E-state index is 12.9. The summed E-state index contributed by atoms with van der Waals surface area (Å²) in [7, 11) is 1.59. The predicted octanol–water partition coefficient (Wildman–Crippen LogP) is 3.97. The molecule has 29 heavy (non-hydrogen) atoms. The van der Waals surface area contributed by atoms with E-state index in [9.17, 15) is 9.59 Å². The van der Waals surface area contributed by atoms with Gasteiger partial charge in [0.2, 0.25) is 11.8 Å². The molecule has 0 aromatic heterocycles. The molecule has 0 spiro atoms. The Morgan fingerprint density at radius 1 is 0.828 bits per heavy atom. The molecule has 5 heteroatoms. The number of nitrogens with one attached hydrogen (secondary N) is 2. The summed E-state index contributed by atoms with van der Waals surface area (Å²) < 4.78 is 5.10. The molecular formula is C24H24N2O3. The summed E-state index contributed by atoms with van der Waals surface area (Å²) in [6.45, 7) is 0.261. The molecule has 0 heterocycles. The van der Waals surface area contributed by atoms with Crippen LogP contribution >= 0.6 is 0 Å². The number of anilines is 1. The van der Waals surface area contributed by atoms with E-state index >= 15 is 0 Å². The smallest absolute Gasteiger partial charge is 0.232 e. The van der Waals surface area contributed by atoms with Crippen LogP contribution in [0.3, 0.4) is 0 Å². The minimum atomic E-state index is -0.415.